The van der Waals surface area contributed by atoms with Crippen molar-refractivity contribution in [1.82, 2.24) is 0 Å². The van der Waals surface area contributed by atoms with Crippen LogP contribution in [0.2, 0.25) is 0 Å². The van der Waals surface area contributed by atoms with E-state index in [4.69, 9.17) is 33.2 Å². The normalized spacial score (nSPS) is 54.1. The van der Waals surface area contributed by atoms with E-state index in [0.29, 0.717) is 0 Å². The topological polar surface area (TPSA) is 287 Å². The summed E-state index contributed by atoms with van der Waals surface area (Å²) in [7, 11) is 0. The number of hydrogen-bond acceptors (Lipinski definition) is 18. The maximum absolute atomic E-state index is 11.1. The van der Waals surface area contributed by atoms with E-state index < -0.39 is 130 Å². The summed E-state index contributed by atoms with van der Waals surface area (Å²) in [6, 6.07) is 0. The minimum Gasteiger partial charge on any atom is -0.394 e. The van der Waals surface area contributed by atoms with Crippen LogP contribution in [-0.4, -0.2) is 186 Å². The van der Waals surface area contributed by atoms with E-state index in [9.17, 15) is 56.2 Å². The molecule has 0 spiro atoms. The Morgan fingerprint density at radius 1 is 0.500 bits per heavy atom. The number of ether oxygens (including phenoxy) is 7. The van der Waals surface area contributed by atoms with Gasteiger partial charge in [-0.1, -0.05) is 0 Å². The van der Waals surface area contributed by atoms with Crippen LogP contribution in [0.5, 0.6) is 0 Å². The molecule has 19 atom stereocenters. The van der Waals surface area contributed by atoms with Gasteiger partial charge >= 0.3 is 0 Å². The fourth-order valence-corrected chi connectivity index (χ4v) is 5.37. The van der Waals surface area contributed by atoms with E-state index >= 15 is 0 Å². The Labute approximate surface area is 240 Å². The third-order valence-electron chi connectivity index (χ3n) is 8.00. The first-order valence-electron chi connectivity index (χ1n) is 13.7. The van der Waals surface area contributed by atoms with Crippen molar-refractivity contribution >= 4 is 0 Å². The Bertz CT molecular complexity index is 852. The molecular weight excluding hydrogens is 576 g/mol. The summed E-state index contributed by atoms with van der Waals surface area (Å²) in [5.74, 6) is 0. The molecule has 18 heteroatoms. The van der Waals surface area contributed by atoms with Gasteiger partial charge in [-0.05, 0) is 13.8 Å². The highest BCUT2D eigenvalue weighted by atomic mass is 16.8. The highest BCUT2D eigenvalue weighted by Crippen LogP contribution is 2.35. The number of rotatable bonds is 8. The van der Waals surface area contributed by atoms with Gasteiger partial charge in [0.25, 0.3) is 0 Å². The van der Waals surface area contributed by atoms with Gasteiger partial charge in [0.1, 0.15) is 73.2 Å². The number of aliphatic hydroxyl groups excluding tert-OH is 11. The Morgan fingerprint density at radius 3 is 1.71 bits per heavy atom. The predicted octanol–water partition coefficient (Wildman–Crippen LogP) is -6.66. The molecule has 0 aromatic carbocycles. The zero-order valence-corrected chi connectivity index (χ0v) is 22.9. The summed E-state index contributed by atoms with van der Waals surface area (Å²) >= 11 is 0. The molecule has 0 aromatic rings. The molecular formula is C24H42O18. The average Bonchev–Trinajstić information content (AvgIpc) is 2.95. The minimum absolute atomic E-state index is 0.157. The molecule has 42 heavy (non-hydrogen) atoms. The van der Waals surface area contributed by atoms with Gasteiger partial charge in [0, 0.05) is 6.42 Å². The largest absolute Gasteiger partial charge is 0.394 e. The lowest BCUT2D eigenvalue weighted by molar-refractivity contribution is -0.401. The number of aliphatic hydroxyl groups is 11. The van der Waals surface area contributed by atoms with Crippen LogP contribution < -0.4 is 0 Å². The molecule has 11 N–H and O–H groups in total. The molecule has 0 radical (unpaired) electrons. The summed E-state index contributed by atoms with van der Waals surface area (Å²) in [5, 5.41) is 113. The lowest BCUT2D eigenvalue weighted by Gasteiger charge is -2.50. The highest BCUT2D eigenvalue weighted by molar-refractivity contribution is 4.97. The van der Waals surface area contributed by atoms with Crippen LogP contribution >= 0.6 is 0 Å². The van der Waals surface area contributed by atoms with Crippen LogP contribution in [0.4, 0.5) is 0 Å². The second-order valence-corrected chi connectivity index (χ2v) is 11.0. The fraction of sp³-hybridized carbons (Fsp3) is 1.00. The lowest BCUT2D eigenvalue weighted by Crippen LogP contribution is -2.67. The molecule has 4 rings (SSSR count). The highest BCUT2D eigenvalue weighted by Gasteiger charge is 2.55. The third kappa shape index (κ3) is 6.91. The summed E-state index contributed by atoms with van der Waals surface area (Å²) in [5.41, 5.74) is 0. The zero-order valence-electron chi connectivity index (χ0n) is 22.9. The molecule has 18 nitrogen and oxygen atoms in total. The van der Waals surface area contributed by atoms with Crippen molar-refractivity contribution in [2.45, 2.75) is 137 Å². The molecule has 246 valence electrons. The van der Waals surface area contributed by atoms with Gasteiger partial charge in [-0.15, -0.1) is 0 Å². The molecule has 4 aliphatic rings. The molecule has 0 bridgehead atoms. The van der Waals surface area contributed by atoms with Crippen LogP contribution in [0.3, 0.4) is 0 Å². The fourth-order valence-electron chi connectivity index (χ4n) is 5.37. The van der Waals surface area contributed by atoms with Gasteiger partial charge in [0.15, 0.2) is 25.2 Å². The first-order valence-corrected chi connectivity index (χ1v) is 13.7. The van der Waals surface area contributed by atoms with Gasteiger partial charge in [-0.3, -0.25) is 0 Å². The standard InChI is InChI=1S/C24H42O18/c1-6-8(27)3-9(28)22(37-6)41-19-13(30)11(5-26)39-24(40-18-7(2)36-21(35)16(33)15(18)32)20(19)42-23-17(34)14(31)12(29)10(4-25)38-23/h6-35H,3-5H2,1-2H3/t6-,7+,8+,9-,10-,11-,12+,13-,14+,15+,16-,17-,18+,19+,20+,21-,22-,23-,24-/m1/s1. The van der Waals surface area contributed by atoms with Crippen molar-refractivity contribution < 1.29 is 89.3 Å². The van der Waals surface area contributed by atoms with Gasteiger partial charge in [-0.25, -0.2) is 0 Å². The smallest absolute Gasteiger partial charge is 0.187 e. The molecule has 4 fully saturated rings. The van der Waals surface area contributed by atoms with E-state index in [0.717, 1.165) is 0 Å². The van der Waals surface area contributed by atoms with Crippen LogP contribution in [0.25, 0.3) is 0 Å². The predicted molar refractivity (Wildman–Crippen MR) is 130 cm³/mol. The summed E-state index contributed by atoms with van der Waals surface area (Å²) in [6.07, 6.45) is -29.4. The molecule has 4 heterocycles. The van der Waals surface area contributed by atoms with E-state index in [1.54, 1.807) is 0 Å². The van der Waals surface area contributed by atoms with Crippen molar-refractivity contribution in [2.75, 3.05) is 13.2 Å². The molecule has 0 unspecified atom stereocenters. The van der Waals surface area contributed by atoms with Gasteiger partial charge in [-0.2, -0.15) is 0 Å². The second kappa shape index (κ2) is 14.1. The quantitative estimate of drug-likeness (QED) is 0.120. The molecule has 0 aromatic heterocycles. The maximum Gasteiger partial charge on any atom is 0.187 e. The third-order valence-corrected chi connectivity index (χ3v) is 8.00. The zero-order chi connectivity index (χ0) is 31.0. The molecule has 0 saturated carbocycles. The molecule has 4 saturated heterocycles. The molecule has 0 aliphatic carbocycles. The summed E-state index contributed by atoms with van der Waals surface area (Å²) in [4.78, 5) is 0. The van der Waals surface area contributed by atoms with Gasteiger partial charge in [0.05, 0.1) is 31.5 Å². The van der Waals surface area contributed by atoms with Crippen LogP contribution in [0.15, 0.2) is 0 Å². The van der Waals surface area contributed by atoms with Crippen LogP contribution in [-0.2, 0) is 33.2 Å². The van der Waals surface area contributed by atoms with E-state index in [1.165, 1.54) is 13.8 Å². The van der Waals surface area contributed by atoms with Gasteiger partial charge < -0.3 is 89.3 Å². The Balaban J connectivity index is 1.66. The second-order valence-electron chi connectivity index (χ2n) is 11.0. The van der Waals surface area contributed by atoms with Crippen molar-refractivity contribution in [1.29, 1.82) is 0 Å². The first-order chi connectivity index (χ1) is 19.8. The van der Waals surface area contributed by atoms with E-state index in [-0.39, 0.29) is 6.42 Å². The first kappa shape index (κ1) is 34.2. The number of hydrogen-bond donors (Lipinski definition) is 11. The summed E-state index contributed by atoms with van der Waals surface area (Å²) < 4.78 is 39.6. The van der Waals surface area contributed by atoms with Crippen molar-refractivity contribution in [3.05, 3.63) is 0 Å². The van der Waals surface area contributed by atoms with E-state index in [1.807, 2.05) is 0 Å². The Morgan fingerprint density at radius 2 is 1.07 bits per heavy atom. The Kier molecular flexibility index (Phi) is 11.5. The van der Waals surface area contributed by atoms with Gasteiger partial charge in [0.2, 0.25) is 0 Å². The molecule has 4 aliphatic heterocycles. The maximum atomic E-state index is 11.1. The van der Waals surface area contributed by atoms with Crippen LogP contribution in [0, 0.1) is 0 Å². The summed E-state index contributed by atoms with van der Waals surface area (Å²) in [6.45, 7) is 1.35. The van der Waals surface area contributed by atoms with E-state index in [2.05, 4.69) is 0 Å². The average molecular weight is 619 g/mol. The SMILES string of the molecule is C[C@@H]1O[C@@H](O)[C@H](O)[C@H](O)[C@H]1O[C@H]1O[C@H](CO)[C@@H](O)[C@H](O[C@H]2O[C@H](C)[C@@H](O)C[C@H]2O)[C@@H]1O[C@H]1O[C@H](CO)[C@H](O)[C@H](O)[C@H]1O. The monoisotopic (exact) mass is 618 g/mol. The van der Waals surface area contributed by atoms with Crippen molar-refractivity contribution in [2.24, 2.45) is 0 Å². The minimum atomic E-state index is -1.91. The van der Waals surface area contributed by atoms with Crippen LogP contribution in [0.1, 0.15) is 20.3 Å². The Hall–Kier alpha value is -0.720. The lowest BCUT2D eigenvalue weighted by atomic mass is 9.95. The molecule has 0 amide bonds. The van der Waals surface area contributed by atoms with Crippen molar-refractivity contribution in [3.63, 3.8) is 0 Å². The van der Waals surface area contributed by atoms with Crippen molar-refractivity contribution in [3.8, 4) is 0 Å².